The van der Waals surface area contributed by atoms with Gasteiger partial charge in [-0.15, -0.1) is 0 Å². The van der Waals surface area contributed by atoms with E-state index in [0.717, 1.165) is 49.5 Å². The van der Waals surface area contributed by atoms with Crippen LogP contribution in [0.15, 0.2) is 84.9 Å². The fraction of sp³-hybridized carbons (Fsp3) is 0.367. The number of rotatable bonds is 7. The van der Waals surface area contributed by atoms with Crippen molar-refractivity contribution in [3.05, 3.63) is 96.1 Å². The first-order valence-electron chi connectivity index (χ1n) is 12.5. The van der Waals surface area contributed by atoms with Crippen LogP contribution in [-0.4, -0.2) is 40.5 Å². The van der Waals surface area contributed by atoms with Crippen molar-refractivity contribution < 1.29 is 9.53 Å². The van der Waals surface area contributed by atoms with Gasteiger partial charge in [0, 0.05) is 37.8 Å². The van der Waals surface area contributed by atoms with Crippen molar-refractivity contribution in [2.24, 2.45) is 0 Å². The number of benzene rings is 3. The summed E-state index contributed by atoms with van der Waals surface area (Å²) < 4.78 is 5.91. The molecule has 3 aromatic carbocycles. The van der Waals surface area contributed by atoms with Crippen LogP contribution >= 0.6 is 0 Å². The number of carbonyl (C=O) groups is 1. The van der Waals surface area contributed by atoms with Crippen LogP contribution in [0, 0.1) is 0 Å². The molecule has 1 heterocycles. The van der Waals surface area contributed by atoms with Crippen LogP contribution < -0.4 is 10.1 Å². The first kappa shape index (κ1) is 24.8. The van der Waals surface area contributed by atoms with E-state index in [1.807, 2.05) is 86.3 Å². The number of nitrogens with one attached hydrogen (secondary N) is 1. The fourth-order valence-electron chi connectivity index (χ4n) is 4.47. The van der Waals surface area contributed by atoms with Crippen LogP contribution in [0.4, 0.5) is 4.79 Å². The van der Waals surface area contributed by atoms with E-state index in [0.29, 0.717) is 6.54 Å². The van der Waals surface area contributed by atoms with Crippen LogP contribution in [0.1, 0.15) is 44.7 Å². The monoisotopic (exact) mass is 471 g/mol. The molecule has 1 aliphatic heterocycles. The molecular weight excluding hydrogens is 434 g/mol. The van der Waals surface area contributed by atoms with Crippen LogP contribution in [-0.2, 0) is 13.1 Å². The molecule has 3 aromatic rings. The van der Waals surface area contributed by atoms with E-state index < -0.39 is 0 Å². The SMILES string of the molecule is CC(C)(C)NC(=O)N(Cc1ccccc1)C1CCN(Cc2ccc(Oc3ccccc3)cc2)CC1. The number of amides is 2. The van der Waals surface area contributed by atoms with Crippen LogP contribution in [0.25, 0.3) is 0 Å². The number of piperidine rings is 1. The van der Waals surface area contributed by atoms with Gasteiger partial charge in [-0.05, 0) is 69.0 Å². The topological polar surface area (TPSA) is 44.8 Å². The summed E-state index contributed by atoms with van der Waals surface area (Å²) in [6.07, 6.45) is 1.94. The van der Waals surface area contributed by atoms with Gasteiger partial charge in [-0.3, -0.25) is 4.90 Å². The first-order chi connectivity index (χ1) is 16.9. The zero-order valence-corrected chi connectivity index (χ0v) is 21.1. The molecule has 1 aliphatic rings. The van der Waals surface area contributed by atoms with E-state index >= 15 is 0 Å². The van der Waals surface area contributed by atoms with Crippen LogP contribution in [0.5, 0.6) is 11.5 Å². The molecule has 0 aromatic heterocycles. The van der Waals surface area contributed by atoms with Gasteiger partial charge in [-0.1, -0.05) is 60.7 Å². The minimum Gasteiger partial charge on any atom is -0.457 e. The van der Waals surface area contributed by atoms with E-state index in [4.69, 9.17) is 4.74 Å². The number of para-hydroxylation sites is 1. The lowest BCUT2D eigenvalue weighted by Gasteiger charge is -2.39. The second-order valence-electron chi connectivity index (χ2n) is 10.4. The van der Waals surface area contributed by atoms with E-state index in [1.165, 1.54) is 5.56 Å². The van der Waals surface area contributed by atoms with Gasteiger partial charge in [0.05, 0.1) is 0 Å². The molecule has 5 nitrogen and oxygen atoms in total. The number of hydrogen-bond acceptors (Lipinski definition) is 3. The summed E-state index contributed by atoms with van der Waals surface area (Å²) >= 11 is 0. The molecule has 0 unspecified atom stereocenters. The van der Waals surface area contributed by atoms with Gasteiger partial charge >= 0.3 is 6.03 Å². The molecule has 1 N–H and O–H groups in total. The molecule has 2 amide bonds. The Bertz CT molecular complexity index is 1050. The average molecular weight is 472 g/mol. The lowest BCUT2D eigenvalue weighted by Crippen LogP contribution is -2.54. The standard InChI is InChI=1S/C30H37N3O2/c1-30(2,3)31-29(34)33(23-24-10-6-4-7-11-24)26-18-20-32(21-19-26)22-25-14-16-28(17-15-25)35-27-12-8-5-9-13-27/h4-17,26H,18-23H2,1-3H3,(H,31,34). The van der Waals surface area contributed by atoms with Gasteiger partial charge in [0.15, 0.2) is 0 Å². The minimum atomic E-state index is -0.261. The maximum atomic E-state index is 13.2. The highest BCUT2D eigenvalue weighted by atomic mass is 16.5. The number of likely N-dealkylation sites (tertiary alicyclic amines) is 1. The molecule has 1 fully saturated rings. The van der Waals surface area contributed by atoms with E-state index in [9.17, 15) is 4.79 Å². The lowest BCUT2D eigenvalue weighted by atomic mass is 10.0. The third-order valence-corrected chi connectivity index (χ3v) is 6.24. The predicted octanol–water partition coefficient (Wildman–Crippen LogP) is 6.45. The summed E-state index contributed by atoms with van der Waals surface area (Å²) in [5.74, 6) is 1.69. The van der Waals surface area contributed by atoms with Crippen LogP contribution in [0.3, 0.4) is 0 Å². The highest BCUT2D eigenvalue weighted by Gasteiger charge is 2.29. The normalized spacial score (nSPS) is 14.9. The zero-order valence-electron chi connectivity index (χ0n) is 21.1. The van der Waals surface area contributed by atoms with Gasteiger partial charge in [0.25, 0.3) is 0 Å². The number of urea groups is 1. The molecule has 0 atom stereocenters. The average Bonchev–Trinajstić information content (AvgIpc) is 2.85. The fourth-order valence-corrected chi connectivity index (χ4v) is 4.47. The summed E-state index contributed by atoms with van der Waals surface area (Å²) in [4.78, 5) is 17.7. The van der Waals surface area contributed by atoms with Gasteiger partial charge in [0.2, 0.25) is 0 Å². The Labute approximate surface area is 209 Å². The molecule has 0 saturated carbocycles. The van der Waals surface area contributed by atoms with Crippen molar-refractivity contribution in [2.45, 2.75) is 58.3 Å². The number of carbonyl (C=O) groups excluding carboxylic acids is 1. The molecule has 0 spiro atoms. The van der Waals surface area contributed by atoms with Gasteiger partial charge < -0.3 is 15.0 Å². The highest BCUT2D eigenvalue weighted by molar-refractivity contribution is 5.75. The van der Waals surface area contributed by atoms with Crippen molar-refractivity contribution in [1.29, 1.82) is 0 Å². The Hall–Kier alpha value is -3.31. The van der Waals surface area contributed by atoms with Gasteiger partial charge in [-0.2, -0.15) is 0 Å². The minimum absolute atomic E-state index is 0.0220. The second-order valence-corrected chi connectivity index (χ2v) is 10.4. The van der Waals surface area contributed by atoms with Crippen molar-refractivity contribution in [1.82, 2.24) is 15.1 Å². The smallest absolute Gasteiger partial charge is 0.318 e. The summed E-state index contributed by atoms with van der Waals surface area (Å²) in [6.45, 7) is 9.59. The first-order valence-corrected chi connectivity index (χ1v) is 12.5. The van der Waals surface area contributed by atoms with E-state index in [1.54, 1.807) is 0 Å². The Morgan fingerprint density at radius 1 is 0.857 bits per heavy atom. The molecule has 1 saturated heterocycles. The molecule has 184 valence electrons. The molecular formula is C30H37N3O2. The van der Waals surface area contributed by atoms with Crippen LogP contribution in [0.2, 0.25) is 0 Å². The van der Waals surface area contributed by atoms with Crippen molar-refractivity contribution >= 4 is 6.03 Å². The van der Waals surface area contributed by atoms with Crippen molar-refractivity contribution in [3.8, 4) is 11.5 Å². The molecule has 5 heteroatoms. The van der Waals surface area contributed by atoms with E-state index in [2.05, 4.69) is 34.5 Å². The highest BCUT2D eigenvalue weighted by Crippen LogP contribution is 2.24. The van der Waals surface area contributed by atoms with Gasteiger partial charge in [0.1, 0.15) is 11.5 Å². The number of nitrogens with zero attached hydrogens (tertiary/aromatic N) is 2. The molecule has 35 heavy (non-hydrogen) atoms. The summed E-state index contributed by atoms with van der Waals surface area (Å²) in [5.41, 5.74) is 2.18. The maximum absolute atomic E-state index is 13.2. The summed E-state index contributed by atoms with van der Waals surface area (Å²) in [7, 11) is 0. The van der Waals surface area contributed by atoms with Crippen molar-refractivity contribution in [2.75, 3.05) is 13.1 Å². The third kappa shape index (κ3) is 7.59. The summed E-state index contributed by atoms with van der Waals surface area (Å²) in [5, 5.41) is 3.17. The Morgan fingerprint density at radius 3 is 2.03 bits per heavy atom. The Balaban J connectivity index is 1.33. The Kier molecular flexibility index (Phi) is 8.09. The Morgan fingerprint density at radius 2 is 1.43 bits per heavy atom. The third-order valence-electron chi connectivity index (χ3n) is 6.24. The molecule has 0 bridgehead atoms. The van der Waals surface area contributed by atoms with Crippen molar-refractivity contribution in [3.63, 3.8) is 0 Å². The quantitative estimate of drug-likeness (QED) is 0.430. The zero-order chi connectivity index (χ0) is 24.7. The van der Waals surface area contributed by atoms with Gasteiger partial charge in [-0.25, -0.2) is 4.79 Å². The maximum Gasteiger partial charge on any atom is 0.318 e. The largest absolute Gasteiger partial charge is 0.457 e. The predicted molar refractivity (Wildman–Crippen MR) is 142 cm³/mol. The molecule has 0 radical (unpaired) electrons. The number of hydrogen-bond donors (Lipinski definition) is 1. The molecule has 0 aliphatic carbocycles. The number of ether oxygens (including phenoxy) is 1. The molecule has 4 rings (SSSR count). The lowest BCUT2D eigenvalue weighted by molar-refractivity contribution is 0.109. The summed E-state index contributed by atoms with van der Waals surface area (Å²) in [6, 6.07) is 28.7. The van der Waals surface area contributed by atoms with E-state index in [-0.39, 0.29) is 17.6 Å². The second kappa shape index (κ2) is 11.4.